The summed E-state index contributed by atoms with van der Waals surface area (Å²) in [7, 11) is 1.33. The van der Waals surface area contributed by atoms with Gasteiger partial charge in [-0.3, -0.25) is 0 Å². The van der Waals surface area contributed by atoms with Crippen molar-refractivity contribution in [3.63, 3.8) is 0 Å². The molecule has 1 aromatic rings. The van der Waals surface area contributed by atoms with E-state index in [2.05, 4.69) is 20.7 Å². The van der Waals surface area contributed by atoms with Gasteiger partial charge in [-0.15, -0.1) is 11.3 Å². The molecule has 0 fully saturated rings. The largest absolute Gasteiger partial charge is 0.468 e. The minimum atomic E-state index is -0.667. The first-order valence-electron chi connectivity index (χ1n) is 3.65. The van der Waals surface area contributed by atoms with Crippen molar-refractivity contribution in [3.8, 4) is 0 Å². The Morgan fingerprint density at radius 1 is 1.77 bits per heavy atom. The van der Waals surface area contributed by atoms with Crippen LogP contribution in [0.4, 0.5) is 0 Å². The number of nitrogens with two attached hydrogens (primary N) is 1. The van der Waals surface area contributed by atoms with E-state index in [1.165, 1.54) is 18.4 Å². The highest BCUT2D eigenvalue weighted by Gasteiger charge is 2.18. The van der Waals surface area contributed by atoms with Gasteiger partial charge in [0.25, 0.3) is 0 Å². The third kappa shape index (κ3) is 2.30. The van der Waals surface area contributed by atoms with Gasteiger partial charge in [0, 0.05) is 4.88 Å². The summed E-state index contributed by atoms with van der Waals surface area (Å²) in [6.07, 6.45) is 0. The molecule has 0 radical (unpaired) electrons. The molecule has 0 saturated carbocycles. The lowest BCUT2D eigenvalue weighted by Gasteiger charge is -2.05. The SMILES string of the molecule is COC(=O)[C@H](N)c1cc(C)c(Br)s1. The molecule has 0 aliphatic heterocycles. The standard InChI is InChI=1S/C8H10BrNO2S/c1-4-3-5(13-7(4)9)6(10)8(11)12-2/h3,6H,10H2,1-2H3/t6-/m1/s1. The average Bonchev–Trinajstić information content (AvgIpc) is 2.44. The first-order chi connectivity index (χ1) is 6.06. The van der Waals surface area contributed by atoms with Crippen LogP contribution >= 0.6 is 27.3 Å². The summed E-state index contributed by atoms with van der Waals surface area (Å²) in [5.41, 5.74) is 6.73. The predicted octanol–water partition coefficient (Wildman–Crippen LogP) is 1.99. The minimum Gasteiger partial charge on any atom is -0.468 e. The minimum absolute atomic E-state index is 0.409. The number of thiophene rings is 1. The number of aryl methyl sites for hydroxylation is 1. The summed E-state index contributed by atoms with van der Waals surface area (Å²) < 4.78 is 5.54. The topological polar surface area (TPSA) is 52.3 Å². The average molecular weight is 264 g/mol. The van der Waals surface area contributed by atoms with Crippen LogP contribution in [-0.4, -0.2) is 13.1 Å². The number of hydrogen-bond acceptors (Lipinski definition) is 4. The van der Waals surface area contributed by atoms with Gasteiger partial charge in [-0.2, -0.15) is 0 Å². The molecule has 1 rings (SSSR count). The van der Waals surface area contributed by atoms with Crippen LogP contribution in [0, 0.1) is 6.92 Å². The van der Waals surface area contributed by atoms with Crippen LogP contribution in [0.25, 0.3) is 0 Å². The number of carbonyl (C=O) groups is 1. The van der Waals surface area contributed by atoms with Gasteiger partial charge in [0.05, 0.1) is 10.9 Å². The van der Waals surface area contributed by atoms with Crippen LogP contribution in [0.3, 0.4) is 0 Å². The van der Waals surface area contributed by atoms with E-state index >= 15 is 0 Å². The van der Waals surface area contributed by atoms with Crippen molar-refractivity contribution >= 4 is 33.2 Å². The Kier molecular flexibility index (Phi) is 3.47. The van der Waals surface area contributed by atoms with Crippen LogP contribution < -0.4 is 5.73 Å². The summed E-state index contributed by atoms with van der Waals surface area (Å²) in [6, 6.07) is 1.22. The molecule has 13 heavy (non-hydrogen) atoms. The highest BCUT2D eigenvalue weighted by atomic mass is 79.9. The Morgan fingerprint density at radius 2 is 2.38 bits per heavy atom. The smallest absolute Gasteiger partial charge is 0.328 e. The highest BCUT2D eigenvalue weighted by molar-refractivity contribution is 9.11. The summed E-state index contributed by atoms with van der Waals surface area (Å²) >= 11 is 4.82. The molecule has 1 heterocycles. The number of hydrogen-bond donors (Lipinski definition) is 1. The molecule has 72 valence electrons. The second-order valence-electron chi connectivity index (χ2n) is 2.61. The lowest BCUT2D eigenvalue weighted by atomic mass is 10.2. The monoisotopic (exact) mass is 263 g/mol. The number of ether oxygens (including phenoxy) is 1. The Labute approximate surface area is 89.0 Å². The van der Waals surface area contributed by atoms with Crippen molar-refractivity contribution in [2.24, 2.45) is 5.73 Å². The second kappa shape index (κ2) is 4.21. The van der Waals surface area contributed by atoms with Crippen LogP contribution in [0.15, 0.2) is 9.85 Å². The van der Waals surface area contributed by atoms with Crippen LogP contribution in [0.5, 0.6) is 0 Å². The van der Waals surface area contributed by atoms with Crippen molar-refractivity contribution in [2.75, 3.05) is 7.11 Å². The van der Waals surface area contributed by atoms with Gasteiger partial charge >= 0.3 is 5.97 Å². The number of methoxy groups -OCH3 is 1. The summed E-state index contributed by atoms with van der Waals surface area (Å²) in [5, 5.41) is 0. The van der Waals surface area contributed by atoms with E-state index in [1.54, 1.807) is 0 Å². The predicted molar refractivity (Wildman–Crippen MR) is 55.7 cm³/mol. The third-order valence-electron chi connectivity index (χ3n) is 1.64. The van der Waals surface area contributed by atoms with E-state index in [-0.39, 0.29) is 0 Å². The van der Waals surface area contributed by atoms with Crippen LogP contribution in [0.1, 0.15) is 16.5 Å². The van der Waals surface area contributed by atoms with E-state index in [4.69, 9.17) is 5.73 Å². The van der Waals surface area contributed by atoms with Crippen molar-refractivity contribution in [1.29, 1.82) is 0 Å². The molecule has 0 unspecified atom stereocenters. The Bertz CT molecular complexity index is 304. The van der Waals surface area contributed by atoms with Gasteiger partial charge < -0.3 is 10.5 Å². The quantitative estimate of drug-likeness (QED) is 0.831. The third-order valence-corrected chi connectivity index (χ3v) is 3.86. The van der Waals surface area contributed by atoms with Gasteiger partial charge in [-0.25, -0.2) is 4.79 Å². The fourth-order valence-electron chi connectivity index (χ4n) is 0.880. The van der Waals surface area contributed by atoms with Gasteiger partial charge in [0.15, 0.2) is 0 Å². The zero-order valence-corrected chi connectivity index (χ0v) is 9.74. The van der Waals surface area contributed by atoms with Gasteiger partial charge in [0.2, 0.25) is 0 Å². The number of esters is 1. The molecule has 0 aliphatic carbocycles. The fraction of sp³-hybridized carbons (Fsp3) is 0.375. The number of halogens is 1. The van der Waals surface area contributed by atoms with E-state index in [1.807, 2.05) is 13.0 Å². The van der Waals surface area contributed by atoms with Gasteiger partial charge in [-0.05, 0) is 34.5 Å². The van der Waals surface area contributed by atoms with Crippen molar-refractivity contribution in [3.05, 3.63) is 20.3 Å². The molecule has 0 spiro atoms. The lowest BCUT2D eigenvalue weighted by Crippen LogP contribution is -2.21. The first-order valence-corrected chi connectivity index (χ1v) is 5.26. The van der Waals surface area contributed by atoms with Crippen molar-refractivity contribution in [1.82, 2.24) is 0 Å². The normalized spacial score (nSPS) is 12.6. The number of rotatable bonds is 2. The molecule has 0 amide bonds. The fourth-order valence-corrected chi connectivity index (χ4v) is 2.44. The maximum atomic E-state index is 11.1. The molecule has 0 bridgehead atoms. The van der Waals surface area contributed by atoms with E-state index in [0.29, 0.717) is 0 Å². The number of carbonyl (C=O) groups excluding carboxylic acids is 1. The van der Waals surface area contributed by atoms with Crippen LogP contribution in [0.2, 0.25) is 0 Å². The van der Waals surface area contributed by atoms with E-state index < -0.39 is 12.0 Å². The van der Waals surface area contributed by atoms with Crippen LogP contribution in [-0.2, 0) is 9.53 Å². The maximum absolute atomic E-state index is 11.1. The van der Waals surface area contributed by atoms with E-state index in [0.717, 1.165) is 14.2 Å². The summed E-state index contributed by atoms with van der Waals surface area (Å²) in [6.45, 7) is 1.95. The van der Waals surface area contributed by atoms with Gasteiger partial charge in [-0.1, -0.05) is 0 Å². The Hall–Kier alpha value is -0.390. The lowest BCUT2D eigenvalue weighted by molar-refractivity contribution is -0.142. The first kappa shape index (κ1) is 10.7. The molecule has 2 N–H and O–H groups in total. The molecule has 1 atom stereocenters. The highest BCUT2D eigenvalue weighted by Crippen LogP contribution is 2.30. The molecule has 1 aromatic heterocycles. The molecule has 0 saturated heterocycles. The summed E-state index contributed by atoms with van der Waals surface area (Å²) in [4.78, 5) is 11.9. The maximum Gasteiger partial charge on any atom is 0.328 e. The molecule has 0 aliphatic rings. The Balaban J connectivity index is 2.89. The van der Waals surface area contributed by atoms with E-state index in [9.17, 15) is 4.79 Å². The molecule has 3 nitrogen and oxygen atoms in total. The van der Waals surface area contributed by atoms with Gasteiger partial charge in [0.1, 0.15) is 6.04 Å². The zero-order chi connectivity index (χ0) is 10.0. The Morgan fingerprint density at radius 3 is 2.77 bits per heavy atom. The second-order valence-corrected chi connectivity index (χ2v) is 5.01. The van der Waals surface area contributed by atoms with Crippen molar-refractivity contribution in [2.45, 2.75) is 13.0 Å². The van der Waals surface area contributed by atoms with Crippen molar-refractivity contribution < 1.29 is 9.53 Å². The molecule has 0 aromatic carbocycles. The molecular formula is C8H10BrNO2S. The summed E-state index contributed by atoms with van der Waals surface area (Å²) in [5.74, 6) is -0.409. The molecule has 5 heteroatoms. The zero-order valence-electron chi connectivity index (χ0n) is 7.33. The molecular weight excluding hydrogens is 254 g/mol.